The Bertz CT molecular complexity index is 1510. The van der Waals surface area contributed by atoms with Gasteiger partial charge in [-0.05, 0) is 67.9 Å². The molecule has 0 amide bonds. The summed E-state index contributed by atoms with van der Waals surface area (Å²) < 4.78 is 31.5. The average molecular weight is 545 g/mol. The largest absolute Gasteiger partial charge is 0.497 e. The number of pyridine rings is 1. The van der Waals surface area contributed by atoms with Crippen LogP contribution in [0, 0.1) is 0 Å². The average Bonchev–Trinajstić information content (AvgIpc) is 2.97. The first kappa shape index (κ1) is 27.6. The fraction of sp³-hybridized carbons (Fsp3) is 0.172. The minimum atomic E-state index is -3.49. The Labute approximate surface area is 229 Å². The highest BCUT2D eigenvalue weighted by atomic mass is 32.2. The minimum Gasteiger partial charge on any atom is -0.497 e. The van der Waals surface area contributed by atoms with E-state index in [4.69, 9.17) is 9.72 Å². The van der Waals surface area contributed by atoms with E-state index < -0.39 is 10.0 Å². The third kappa shape index (κ3) is 7.79. The molecule has 0 aliphatic heterocycles. The first-order valence-corrected chi connectivity index (χ1v) is 13.9. The number of anilines is 4. The van der Waals surface area contributed by atoms with Crippen LogP contribution in [0.25, 0.3) is 0 Å². The van der Waals surface area contributed by atoms with Gasteiger partial charge >= 0.3 is 0 Å². The van der Waals surface area contributed by atoms with Crippen LogP contribution in [0.4, 0.5) is 23.0 Å². The van der Waals surface area contributed by atoms with Crippen LogP contribution in [0.5, 0.6) is 5.75 Å². The predicted molar refractivity (Wildman–Crippen MR) is 158 cm³/mol. The van der Waals surface area contributed by atoms with E-state index in [0.29, 0.717) is 23.9 Å². The van der Waals surface area contributed by atoms with Crippen LogP contribution in [-0.2, 0) is 16.4 Å². The lowest BCUT2D eigenvalue weighted by Crippen LogP contribution is -2.18. The smallest absolute Gasteiger partial charge is 0.240 e. The maximum absolute atomic E-state index is 12.0. The summed E-state index contributed by atoms with van der Waals surface area (Å²) in [7, 11) is -0.449. The van der Waals surface area contributed by atoms with E-state index in [1.807, 2.05) is 73.7 Å². The molecule has 0 bridgehead atoms. The fourth-order valence-corrected chi connectivity index (χ4v) is 4.48. The second-order valence-electron chi connectivity index (χ2n) is 8.68. The summed E-state index contributed by atoms with van der Waals surface area (Å²) in [6, 6.07) is 28.2. The van der Waals surface area contributed by atoms with Gasteiger partial charge in [-0.3, -0.25) is 5.43 Å². The minimum absolute atomic E-state index is 0.200. The van der Waals surface area contributed by atoms with Crippen LogP contribution in [0.3, 0.4) is 0 Å². The van der Waals surface area contributed by atoms with Gasteiger partial charge in [-0.15, -0.1) is 0 Å². The molecule has 3 aromatic carbocycles. The molecule has 4 N–H and O–H groups in total. The monoisotopic (exact) mass is 544 g/mol. The van der Waals surface area contributed by atoms with E-state index in [2.05, 4.69) is 25.9 Å². The lowest BCUT2D eigenvalue weighted by molar-refractivity contribution is 0.414. The first-order chi connectivity index (χ1) is 18.9. The molecule has 0 unspecified atom stereocenters. The second-order valence-corrected chi connectivity index (χ2v) is 10.6. The van der Waals surface area contributed by atoms with Crippen LogP contribution in [0.2, 0.25) is 0 Å². The van der Waals surface area contributed by atoms with E-state index in [1.165, 1.54) is 12.6 Å². The summed E-state index contributed by atoms with van der Waals surface area (Å²) in [5, 5.41) is 11.3. The summed E-state index contributed by atoms with van der Waals surface area (Å²) >= 11 is 0. The summed E-state index contributed by atoms with van der Waals surface area (Å²) in [4.78, 5) is 4.92. The zero-order chi connectivity index (χ0) is 27.7. The number of hydrogen-bond acceptors (Lipinski definition) is 8. The molecular weight excluding hydrogens is 512 g/mol. The Hall–Kier alpha value is -4.41. The molecule has 1 heterocycles. The molecule has 0 saturated carbocycles. The van der Waals surface area contributed by atoms with Crippen molar-refractivity contribution in [3.05, 3.63) is 102 Å². The molecule has 0 radical (unpaired) electrons. The number of rotatable bonds is 12. The normalized spacial score (nSPS) is 11.6. The number of benzene rings is 3. The zero-order valence-corrected chi connectivity index (χ0v) is 22.9. The van der Waals surface area contributed by atoms with Crippen LogP contribution in [0.15, 0.2) is 101 Å². The highest BCUT2D eigenvalue weighted by molar-refractivity contribution is 7.89. The molecule has 39 heavy (non-hydrogen) atoms. The number of hydrazone groups is 1. The number of methoxy groups -OCH3 is 1. The van der Waals surface area contributed by atoms with Gasteiger partial charge in [0.05, 0.1) is 23.4 Å². The van der Waals surface area contributed by atoms with Crippen molar-refractivity contribution < 1.29 is 13.2 Å². The molecule has 1 aromatic heterocycles. The van der Waals surface area contributed by atoms with Gasteiger partial charge in [-0.2, -0.15) is 5.10 Å². The van der Waals surface area contributed by atoms with Gasteiger partial charge in [0.15, 0.2) is 0 Å². The summed E-state index contributed by atoms with van der Waals surface area (Å²) in [6.45, 7) is 2.55. The topological polar surface area (TPSA) is 117 Å². The third-order valence-corrected chi connectivity index (χ3v) is 7.38. The number of sulfonamides is 1. The van der Waals surface area contributed by atoms with Crippen LogP contribution < -0.4 is 25.5 Å². The molecule has 10 heteroatoms. The Balaban J connectivity index is 1.49. The van der Waals surface area contributed by atoms with Crippen molar-refractivity contribution in [2.45, 2.75) is 18.2 Å². The van der Waals surface area contributed by atoms with Crippen molar-refractivity contribution in [3.63, 3.8) is 0 Å². The lowest BCUT2D eigenvalue weighted by atomic mass is 10.1. The number of hydrogen-bond donors (Lipinski definition) is 4. The molecule has 4 rings (SSSR count). The Kier molecular flexibility index (Phi) is 9.14. The molecule has 0 fully saturated rings. The molecule has 202 valence electrons. The molecular formula is C29H32N6O3S. The Morgan fingerprint density at radius 1 is 0.897 bits per heavy atom. The molecule has 0 atom stereocenters. The van der Waals surface area contributed by atoms with Crippen molar-refractivity contribution in [1.29, 1.82) is 0 Å². The second kappa shape index (κ2) is 12.9. The van der Waals surface area contributed by atoms with Crippen molar-refractivity contribution in [2.24, 2.45) is 5.10 Å². The van der Waals surface area contributed by atoms with E-state index in [9.17, 15) is 8.42 Å². The summed E-state index contributed by atoms with van der Waals surface area (Å²) in [6.07, 6.45) is 0.821. The van der Waals surface area contributed by atoms with Crippen LogP contribution >= 0.6 is 0 Å². The van der Waals surface area contributed by atoms with Gasteiger partial charge in [0, 0.05) is 24.4 Å². The quantitative estimate of drug-likeness (QED) is 0.142. The zero-order valence-electron chi connectivity index (χ0n) is 22.1. The van der Waals surface area contributed by atoms with Gasteiger partial charge in [-0.1, -0.05) is 42.5 Å². The third-order valence-electron chi connectivity index (χ3n) is 5.95. The summed E-state index contributed by atoms with van der Waals surface area (Å²) in [5.41, 5.74) is 7.46. The van der Waals surface area contributed by atoms with Crippen molar-refractivity contribution in [3.8, 4) is 5.75 Å². The highest BCUT2D eigenvalue weighted by Crippen LogP contribution is 2.23. The lowest BCUT2D eigenvalue weighted by Gasteiger charge is -2.13. The van der Waals surface area contributed by atoms with Crippen molar-refractivity contribution in [1.82, 2.24) is 9.71 Å². The number of nitrogens with zero attached hydrogens (tertiary/aromatic N) is 2. The van der Waals surface area contributed by atoms with E-state index in [-0.39, 0.29) is 4.90 Å². The maximum atomic E-state index is 12.0. The van der Waals surface area contributed by atoms with Gasteiger partial charge in [-0.25, -0.2) is 18.1 Å². The molecule has 4 aromatic rings. The molecule has 0 spiro atoms. The molecule has 0 aliphatic rings. The highest BCUT2D eigenvalue weighted by Gasteiger charge is 2.11. The number of ether oxygens (including phenoxy) is 1. The first-order valence-electron chi connectivity index (χ1n) is 12.4. The van der Waals surface area contributed by atoms with E-state index >= 15 is 0 Å². The Morgan fingerprint density at radius 3 is 2.26 bits per heavy atom. The van der Waals surface area contributed by atoms with Crippen LogP contribution in [-0.4, -0.2) is 39.8 Å². The maximum Gasteiger partial charge on any atom is 0.240 e. The van der Waals surface area contributed by atoms with Crippen molar-refractivity contribution in [2.75, 3.05) is 36.8 Å². The SMILES string of the molecule is CNS(=O)(=O)c1ccc(C(C)=NNc2cc(NCCc3ccc(OC)cc3)nc(Nc3ccccc3)c2)cc1. The standard InChI is InChI=1S/C29H32N6O3S/c1-21(23-11-15-27(16-12-23)39(36,37)30-2)34-35-25-19-28(31-18-17-22-9-13-26(38-3)14-10-22)33-29(20-25)32-24-7-5-4-6-8-24/h4-16,19-20,30H,17-18H2,1-3H3,(H3,31,32,33,35). The van der Waals surface area contributed by atoms with Crippen molar-refractivity contribution >= 4 is 38.7 Å². The van der Waals surface area contributed by atoms with E-state index in [1.54, 1.807) is 31.4 Å². The van der Waals surface area contributed by atoms with Gasteiger partial charge in [0.2, 0.25) is 10.0 Å². The Morgan fingerprint density at radius 2 is 1.59 bits per heavy atom. The fourth-order valence-electron chi connectivity index (χ4n) is 3.75. The molecule has 0 aliphatic carbocycles. The number of nitrogens with one attached hydrogen (secondary N) is 4. The van der Waals surface area contributed by atoms with Gasteiger partial charge in [0.1, 0.15) is 17.4 Å². The predicted octanol–water partition coefficient (Wildman–Crippen LogP) is 5.23. The summed E-state index contributed by atoms with van der Waals surface area (Å²) in [5.74, 6) is 2.19. The number of para-hydroxylation sites is 1. The van der Waals surface area contributed by atoms with Crippen LogP contribution in [0.1, 0.15) is 18.1 Å². The van der Waals surface area contributed by atoms with E-state index in [0.717, 1.165) is 29.1 Å². The van der Waals surface area contributed by atoms with Gasteiger partial charge < -0.3 is 15.4 Å². The van der Waals surface area contributed by atoms with Gasteiger partial charge in [0.25, 0.3) is 0 Å². The number of aromatic nitrogens is 1. The molecule has 9 nitrogen and oxygen atoms in total. The molecule has 0 saturated heterocycles.